The highest BCUT2D eigenvalue weighted by molar-refractivity contribution is 5.97. The SMILES string of the molecule is CCCCOC(=O)N1CC[C@H]1C(=O)Nc1cn2cc(-c3cnc(N)c(C(F)(F)F)c3)ccc2n1. The number of imidazole rings is 1. The van der Waals surface area contributed by atoms with Crippen molar-refractivity contribution in [2.24, 2.45) is 0 Å². The zero-order chi connectivity index (χ0) is 24.5. The summed E-state index contributed by atoms with van der Waals surface area (Å²) in [6.07, 6.45) is 1.39. The predicted molar refractivity (Wildman–Crippen MR) is 118 cm³/mol. The van der Waals surface area contributed by atoms with Crippen molar-refractivity contribution in [3.63, 3.8) is 0 Å². The van der Waals surface area contributed by atoms with Crippen molar-refractivity contribution in [3.05, 3.63) is 42.4 Å². The Bertz CT molecular complexity index is 1230. The second-order valence-electron chi connectivity index (χ2n) is 7.92. The van der Waals surface area contributed by atoms with Gasteiger partial charge in [0, 0.05) is 30.1 Å². The number of nitrogens with zero attached hydrogens (tertiary/aromatic N) is 4. The standard InChI is InChI=1S/C22H23F3N6O3/c1-2-3-8-34-21(33)31-7-6-16(31)20(32)29-17-12-30-11-13(4-5-18(30)28-17)14-9-15(22(23,24)25)19(26)27-10-14/h4-5,9-12,16H,2-3,6-8H2,1H3,(H2,26,27)(H,29,32)/t16-/m0/s1. The number of anilines is 2. The Labute approximate surface area is 192 Å². The van der Waals surface area contributed by atoms with E-state index in [9.17, 15) is 22.8 Å². The van der Waals surface area contributed by atoms with Crippen molar-refractivity contribution in [1.29, 1.82) is 0 Å². The molecule has 1 aliphatic heterocycles. The Morgan fingerprint density at radius 1 is 1.26 bits per heavy atom. The number of nitrogens with two attached hydrogens (primary N) is 1. The van der Waals surface area contributed by atoms with E-state index in [-0.39, 0.29) is 17.3 Å². The van der Waals surface area contributed by atoms with Gasteiger partial charge in [-0.2, -0.15) is 13.2 Å². The fraction of sp³-hybridized carbons (Fsp3) is 0.364. The van der Waals surface area contributed by atoms with E-state index in [4.69, 9.17) is 10.5 Å². The van der Waals surface area contributed by atoms with Gasteiger partial charge in [-0.3, -0.25) is 9.69 Å². The monoisotopic (exact) mass is 476 g/mol. The van der Waals surface area contributed by atoms with Crippen LogP contribution in [-0.4, -0.2) is 50.5 Å². The molecule has 0 aliphatic carbocycles. The summed E-state index contributed by atoms with van der Waals surface area (Å²) >= 11 is 0. The van der Waals surface area contributed by atoms with Crippen LogP contribution < -0.4 is 11.1 Å². The minimum Gasteiger partial charge on any atom is -0.449 e. The quantitative estimate of drug-likeness (QED) is 0.521. The van der Waals surface area contributed by atoms with E-state index >= 15 is 0 Å². The first-order chi connectivity index (χ1) is 16.2. The molecule has 180 valence electrons. The molecular weight excluding hydrogens is 453 g/mol. The number of likely N-dealkylation sites (tertiary alicyclic amines) is 1. The van der Waals surface area contributed by atoms with Crippen molar-refractivity contribution in [3.8, 4) is 11.1 Å². The van der Waals surface area contributed by atoms with Gasteiger partial charge in [-0.1, -0.05) is 13.3 Å². The van der Waals surface area contributed by atoms with Crippen molar-refractivity contribution < 1.29 is 27.5 Å². The van der Waals surface area contributed by atoms with Crippen LogP contribution in [0.3, 0.4) is 0 Å². The molecule has 0 bridgehead atoms. The first kappa shape index (κ1) is 23.3. The molecule has 1 atom stereocenters. The van der Waals surface area contributed by atoms with Gasteiger partial charge in [0.15, 0.2) is 5.82 Å². The van der Waals surface area contributed by atoms with Gasteiger partial charge in [-0.25, -0.2) is 14.8 Å². The molecule has 2 amide bonds. The number of carbonyl (C=O) groups is 2. The molecular formula is C22H23F3N6O3. The zero-order valence-corrected chi connectivity index (χ0v) is 18.3. The van der Waals surface area contributed by atoms with Crippen LogP contribution in [0.15, 0.2) is 36.8 Å². The molecule has 1 saturated heterocycles. The van der Waals surface area contributed by atoms with Gasteiger partial charge in [0.05, 0.1) is 18.4 Å². The summed E-state index contributed by atoms with van der Waals surface area (Å²) in [7, 11) is 0. The second-order valence-corrected chi connectivity index (χ2v) is 7.92. The molecule has 9 nitrogen and oxygen atoms in total. The smallest absolute Gasteiger partial charge is 0.419 e. The van der Waals surface area contributed by atoms with Crippen LogP contribution in [0.2, 0.25) is 0 Å². The number of hydrogen-bond donors (Lipinski definition) is 2. The van der Waals surface area contributed by atoms with E-state index in [1.165, 1.54) is 17.3 Å². The number of pyridine rings is 2. The van der Waals surface area contributed by atoms with E-state index in [0.717, 1.165) is 18.9 Å². The molecule has 0 spiro atoms. The van der Waals surface area contributed by atoms with Gasteiger partial charge in [0.25, 0.3) is 0 Å². The first-order valence-electron chi connectivity index (χ1n) is 10.7. The van der Waals surface area contributed by atoms with E-state index in [1.807, 2.05) is 6.92 Å². The molecule has 3 N–H and O–H groups in total. The lowest BCUT2D eigenvalue weighted by atomic mass is 10.0. The third kappa shape index (κ3) is 4.75. The number of fused-ring (bicyclic) bond motifs is 1. The normalized spacial score (nSPS) is 15.8. The Kier molecular flexibility index (Phi) is 6.31. The number of nitrogen functional groups attached to an aromatic ring is 1. The average molecular weight is 476 g/mol. The van der Waals surface area contributed by atoms with Crippen LogP contribution >= 0.6 is 0 Å². The molecule has 4 heterocycles. The maximum Gasteiger partial charge on any atom is 0.419 e. The summed E-state index contributed by atoms with van der Waals surface area (Å²) in [5.74, 6) is -0.733. The molecule has 4 rings (SSSR count). The summed E-state index contributed by atoms with van der Waals surface area (Å²) in [6.45, 7) is 2.73. The van der Waals surface area contributed by atoms with Crippen LogP contribution in [-0.2, 0) is 15.7 Å². The van der Waals surface area contributed by atoms with Crippen molar-refractivity contribution in [1.82, 2.24) is 19.3 Å². The Hall–Kier alpha value is -3.83. The van der Waals surface area contributed by atoms with Gasteiger partial charge in [-0.15, -0.1) is 0 Å². The number of halogens is 3. The molecule has 34 heavy (non-hydrogen) atoms. The Morgan fingerprint density at radius 3 is 2.74 bits per heavy atom. The lowest BCUT2D eigenvalue weighted by molar-refractivity contribution is -0.137. The first-order valence-corrected chi connectivity index (χ1v) is 10.7. The lowest BCUT2D eigenvalue weighted by Gasteiger charge is -2.38. The molecule has 0 unspecified atom stereocenters. The van der Waals surface area contributed by atoms with Gasteiger partial charge >= 0.3 is 12.3 Å². The summed E-state index contributed by atoms with van der Waals surface area (Å²) in [5.41, 5.74) is 5.53. The minimum atomic E-state index is -4.62. The fourth-order valence-electron chi connectivity index (χ4n) is 3.56. The van der Waals surface area contributed by atoms with E-state index in [2.05, 4.69) is 15.3 Å². The molecule has 1 fully saturated rings. The predicted octanol–water partition coefficient (Wildman–Crippen LogP) is 3.95. The Balaban J connectivity index is 1.48. The van der Waals surface area contributed by atoms with Gasteiger partial charge < -0.3 is 20.2 Å². The third-order valence-electron chi connectivity index (χ3n) is 5.54. The van der Waals surface area contributed by atoms with Gasteiger partial charge in [-0.05, 0) is 31.0 Å². The highest BCUT2D eigenvalue weighted by atomic mass is 19.4. The number of carbonyl (C=O) groups excluding carboxylic acids is 2. The van der Waals surface area contributed by atoms with Gasteiger partial charge in [0.2, 0.25) is 5.91 Å². The number of unbranched alkanes of at least 4 members (excludes halogenated alkanes) is 1. The van der Waals surface area contributed by atoms with E-state index in [1.54, 1.807) is 22.7 Å². The van der Waals surface area contributed by atoms with Crippen LogP contribution in [0.4, 0.5) is 29.6 Å². The highest BCUT2D eigenvalue weighted by Crippen LogP contribution is 2.35. The molecule has 0 saturated carbocycles. The van der Waals surface area contributed by atoms with E-state index < -0.39 is 29.7 Å². The molecule has 0 radical (unpaired) electrons. The molecule has 3 aromatic heterocycles. The van der Waals surface area contributed by atoms with Crippen LogP contribution in [0.5, 0.6) is 0 Å². The number of alkyl halides is 3. The summed E-state index contributed by atoms with van der Waals surface area (Å²) in [5, 5.41) is 2.68. The number of rotatable bonds is 6. The topological polar surface area (TPSA) is 115 Å². The summed E-state index contributed by atoms with van der Waals surface area (Å²) < 4.78 is 46.2. The maximum absolute atomic E-state index is 13.2. The largest absolute Gasteiger partial charge is 0.449 e. The van der Waals surface area contributed by atoms with E-state index in [0.29, 0.717) is 30.8 Å². The second kappa shape index (κ2) is 9.20. The van der Waals surface area contributed by atoms with Crippen molar-refractivity contribution in [2.45, 2.75) is 38.4 Å². The summed E-state index contributed by atoms with van der Waals surface area (Å²) in [6, 6.07) is 3.50. The van der Waals surface area contributed by atoms with Crippen LogP contribution in [0, 0.1) is 0 Å². The number of amides is 2. The van der Waals surface area contributed by atoms with Crippen LogP contribution in [0.25, 0.3) is 16.8 Å². The number of nitrogens with one attached hydrogen (secondary N) is 1. The lowest BCUT2D eigenvalue weighted by Crippen LogP contribution is -2.57. The average Bonchev–Trinajstić information content (AvgIpc) is 3.13. The minimum absolute atomic E-state index is 0.231. The highest BCUT2D eigenvalue weighted by Gasteiger charge is 2.39. The molecule has 0 aromatic carbocycles. The zero-order valence-electron chi connectivity index (χ0n) is 18.3. The molecule has 12 heteroatoms. The Morgan fingerprint density at radius 2 is 2.06 bits per heavy atom. The molecule has 3 aromatic rings. The maximum atomic E-state index is 13.2. The number of aromatic nitrogens is 3. The third-order valence-corrected chi connectivity index (χ3v) is 5.54. The fourth-order valence-corrected chi connectivity index (χ4v) is 3.56. The number of hydrogen-bond acceptors (Lipinski definition) is 6. The van der Waals surface area contributed by atoms with Crippen LogP contribution in [0.1, 0.15) is 31.7 Å². The van der Waals surface area contributed by atoms with Crippen molar-refractivity contribution in [2.75, 3.05) is 24.2 Å². The summed E-state index contributed by atoms with van der Waals surface area (Å²) in [4.78, 5) is 34.1. The van der Waals surface area contributed by atoms with Crippen molar-refractivity contribution >= 4 is 29.3 Å². The van der Waals surface area contributed by atoms with Gasteiger partial charge in [0.1, 0.15) is 17.5 Å². The molecule has 1 aliphatic rings. The number of ether oxygens (including phenoxy) is 1.